The average molecular weight is 355 g/mol. The highest BCUT2D eigenvalue weighted by molar-refractivity contribution is 7.12. The monoisotopic (exact) mass is 355 g/mol. The number of hydrogen-bond acceptors (Lipinski definition) is 4. The summed E-state index contributed by atoms with van der Waals surface area (Å²) in [6.07, 6.45) is 1.69. The topological polar surface area (TPSA) is 56.2 Å². The van der Waals surface area contributed by atoms with E-state index in [1.165, 1.54) is 11.3 Å². The van der Waals surface area contributed by atoms with Crippen molar-refractivity contribution in [3.05, 3.63) is 63.6 Å². The van der Waals surface area contributed by atoms with Crippen LogP contribution in [-0.2, 0) is 13.2 Å². The van der Waals surface area contributed by atoms with E-state index in [4.69, 9.17) is 4.74 Å². The van der Waals surface area contributed by atoms with E-state index in [9.17, 15) is 4.79 Å². The number of amides is 1. The van der Waals surface area contributed by atoms with E-state index < -0.39 is 0 Å². The second kappa shape index (κ2) is 7.53. The van der Waals surface area contributed by atoms with Crippen molar-refractivity contribution < 1.29 is 9.53 Å². The van der Waals surface area contributed by atoms with Gasteiger partial charge in [0.25, 0.3) is 5.91 Å². The van der Waals surface area contributed by atoms with E-state index in [2.05, 4.69) is 10.4 Å². The van der Waals surface area contributed by atoms with Crippen LogP contribution >= 0.6 is 11.3 Å². The largest absolute Gasteiger partial charge is 0.489 e. The highest BCUT2D eigenvalue weighted by atomic mass is 32.1. The number of carbonyl (C=O) groups is 1. The van der Waals surface area contributed by atoms with Gasteiger partial charge in [0.05, 0.1) is 22.5 Å². The third-order valence-corrected chi connectivity index (χ3v) is 4.90. The zero-order valence-electron chi connectivity index (χ0n) is 14.6. The maximum absolute atomic E-state index is 12.4. The van der Waals surface area contributed by atoms with Crippen molar-refractivity contribution in [3.8, 4) is 5.75 Å². The van der Waals surface area contributed by atoms with Gasteiger partial charge in [-0.1, -0.05) is 12.1 Å². The van der Waals surface area contributed by atoms with Crippen molar-refractivity contribution in [2.24, 2.45) is 0 Å². The van der Waals surface area contributed by atoms with E-state index in [1.54, 1.807) is 6.20 Å². The number of rotatable bonds is 6. The van der Waals surface area contributed by atoms with E-state index >= 15 is 0 Å². The molecule has 0 saturated heterocycles. The number of benzene rings is 1. The van der Waals surface area contributed by atoms with E-state index in [1.807, 2.05) is 61.2 Å². The van der Waals surface area contributed by atoms with Crippen LogP contribution in [0.2, 0.25) is 0 Å². The number of aryl methyl sites for hydroxylation is 2. The molecule has 0 aliphatic rings. The fraction of sp³-hybridized carbons (Fsp3) is 0.263. The Bertz CT molecular complexity index is 882. The van der Waals surface area contributed by atoms with Gasteiger partial charge in [-0.2, -0.15) is 5.10 Å². The van der Waals surface area contributed by atoms with E-state index in [-0.39, 0.29) is 5.91 Å². The molecule has 0 spiro atoms. The summed E-state index contributed by atoms with van der Waals surface area (Å²) in [5.41, 5.74) is 3.84. The molecule has 130 valence electrons. The van der Waals surface area contributed by atoms with Gasteiger partial charge in [-0.25, -0.2) is 0 Å². The number of aromatic nitrogens is 2. The fourth-order valence-corrected chi connectivity index (χ4v) is 3.31. The van der Waals surface area contributed by atoms with Crippen molar-refractivity contribution in [1.29, 1.82) is 0 Å². The van der Waals surface area contributed by atoms with Crippen LogP contribution in [0.1, 0.15) is 33.4 Å². The zero-order valence-corrected chi connectivity index (χ0v) is 15.4. The Morgan fingerprint density at radius 2 is 2.16 bits per heavy atom. The molecule has 0 radical (unpaired) electrons. The molecule has 6 heteroatoms. The van der Waals surface area contributed by atoms with Crippen molar-refractivity contribution in [3.63, 3.8) is 0 Å². The summed E-state index contributed by atoms with van der Waals surface area (Å²) >= 11 is 1.41. The Morgan fingerprint density at radius 1 is 1.32 bits per heavy atom. The molecule has 0 saturated carbocycles. The average Bonchev–Trinajstić information content (AvgIpc) is 3.21. The van der Waals surface area contributed by atoms with E-state index in [0.717, 1.165) is 34.8 Å². The van der Waals surface area contributed by atoms with Gasteiger partial charge in [-0.3, -0.25) is 9.48 Å². The molecule has 3 rings (SSSR count). The van der Waals surface area contributed by atoms with Crippen LogP contribution in [0.3, 0.4) is 0 Å². The number of nitrogens with one attached hydrogen (secondary N) is 1. The summed E-state index contributed by atoms with van der Waals surface area (Å²) in [5, 5.41) is 9.12. The summed E-state index contributed by atoms with van der Waals surface area (Å²) in [6.45, 7) is 7.22. The number of anilines is 1. The predicted molar refractivity (Wildman–Crippen MR) is 100 cm³/mol. The number of ether oxygens (including phenoxy) is 1. The molecular formula is C19H21N3O2S. The highest BCUT2D eigenvalue weighted by Crippen LogP contribution is 2.21. The Hall–Kier alpha value is -2.60. The van der Waals surface area contributed by atoms with Crippen LogP contribution in [-0.4, -0.2) is 15.7 Å². The second-order valence-electron chi connectivity index (χ2n) is 5.84. The highest BCUT2D eigenvalue weighted by Gasteiger charge is 2.13. The first-order valence-electron chi connectivity index (χ1n) is 8.17. The molecule has 2 aromatic heterocycles. The molecule has 3 aromatic rings. The molecule has 0 aliphatic carbocycles. The first-order valence-corrected chi connectivity index (χ1v) is 9.05. The van der Waals surface area contributed by atoms with Crippen LogP contribution in [0, 0.1) is 13.8 Å². The van der Waals surface area contributed by atoms with Gasteiger partial charge in [0.15, 0.2) is 0 Å². The molecule has 2 heterocycles. The maximum Gasteiger partial charge on any atom is 0.265 e. The first-order chi connectivity index (χ1) is 12.1. The molecule has 0 atom stereocenters. The predicted octanol–water partition coefficient (Wildman–Crippen LogP) is 4.41. The number of thiophene rings is 1. The van der Waals surface area contributed by atoms with Crippen LogP contribution in [0.4, 0.5) is 5.69 Å². The molecular weight excluding hydrogens is 334 g/mol. The van der Waals surface area contributed by atoms with Crippen molar-refractivity contribution in [2.45, 2.75) is 33.9 Å². The lowest BCUT2D eigenvalue weighted by atomic mass is 10.2. The molecule has 25 heavy (non-hydrogen) atoms. The van der Waals surface area contributed by atoms with Crippen LogP contribution in [0.15, 0.2) is 41.9 Å². The van der Waals surface area contributed by atoms with Gasteiger partial charge >= 0.3 is 0 Å². The fourth-order valence-electron chi connectivity index (χ4n) is 2.51. The van der Waals surface area contributed by atoms with Crippen molar-refractivity contribution >= 4 is 22.9 Å². The van der Waals surface area contributed by atoms with Gasteiger partial charge in [-0.15, -0.1) is 11.3 Å². The summed E-state index contributed by atoms with van der Waals surface area (Å²) < 4.78 is 7.64. The number of carbonyl (C=O) groups excluding carboxylic acids is 1. The van der Waals surface area contributed by atoms with Gasteiger partial charge in [0, 0.05) is 12.1 Å². The Labute approximate surface area is 151 Å². The van der Waals surface area contributed by atoms with Gasteiger partial charge < -0.3 is 10.1 Å². The quantitative estimate of drug-likeness (QED) is 0.712. The van der Waals surface area contributed by atoms with Gasteiger partial charge in [0.2, 0.25) is 0 Å². The standard InChI is InChI=1S/C19H21N3O2S/c1-4-22-14(3)17(10-20-22)21-19(23)18-9-15(12-25-18)11-24-16-7-5-6-13(2)8-16/h5-10,12H,4,11H2,1-3H3,(H,21,23). The molecule has 0 fully saturated rings. The van der Waals surface area contributed by atoms with Gasteiger partial charge in [0.1, 0.15) is 12.4 Å². The Balaban J connectivity index is 1.62. The number of hydrogen-bond donors (Lipinski definition) is 1. The minimum absolute atomic E-state index is 0.120. The molecule has 1 amide bonds. The third-order valence-electron chi connectivity index (χ3n) is 3.92. The lowest BCUT2D eigenvalue weighted by molar-refractivity contribution is 0.103. The third kappa shape index (κ3) is 4.09. The lowest BCUT2D eigenvalue weighted by Gasteiger charge is -2.05. The molecule has 0 aliphatic heterocycles. The Kier molecular flexibility index (Phi) is 5.19. The summed E-state index contributed by atoms with van der Waals surface area (Å²) in [4.78, 5) is 13.1. The lowest BCUT2D eigenvalue weighted by Crippen LogP contribution is -2.11. The minimum atomic E-state index is -0.120. The smallest absolute Gasteiger partial charge is 0.265 e. The molecule has 5 nitrogen and oxygen atoms in total. The van der Waals surface area contributed by atoms with E-state index in [0.29, 0.717) is 11.5 Å². The summed E-state index contributed by atoms with van der Waals surface area (Å²) in [7, 11) is 0. The number of nitrogens with zero attached hydrogens (tertiary/aromatic N) is 2. The zero-order chi connectivity index (χ0) is 17.8. The molecule has 0 unspecified atom stereocenters. The normalized spacial score (nSPS) is 10.7. The molecule has 1 aromatic carbocycles. The van der Waals surface area contributed by atoms with Crippen molar-refractivity contribution in [1.82, 2.24) is 9.78 Å². The van der Waals surface area contributed by atoms with Crippen LogP contribution in [0.5, 0.6) is 5.75 Å². The van der Waals surface area contributed by atoms with Gasteiger partial charge in [-0.05, 0) is 49.9 Å². The van der Waals surface area contributed by atoms with Crippen LogP contribution < -0.4 is 10.1 Å². The van der Waals surface area contributed by atoms with Crippen molar-refractivity contribution in [2.75, 3.05) is 5.32 Å². The molecule has 1 N–H and O–H groups in total. The molecule has 0 bridgehead atoms. The maximum atomic E-state index is 12.4. The summed E-state index contributed by atoms with van der Waals surface area (Å²) in [6, 6.07) is 9.79. The Morgan fingerprint density at radius 3 is 2.88 bits per heavy atom. The second-order valence-corrected chi connectivity index (χ2v) is 6.75. The minimum Gasteiger partial charge on any atom is -0.489 e. The SMILES string of the molecule is CCn1ncc(NC(=O)c2cc(COc3cccc(C)c3)cs2)c1C. The first kappa shape index (κ1) is 17.2. The summed E-state index contributed by atoms with van der Waals surface area (Å²) in [5.74, 6) is 0.713. The van der Waals surface area contributed by atoms with Crippen LogP contribution in [0.25, 0.3) is 0 Å².